The molecule has 0 aromatic carbocycles. The summed E-state index contributed by atoms with van der Waals surface area (Å²) in [4.78, 5) is 6.85. The van der Waals surface area contributed by atoms with Crippen molar-refractivity contribution in [3.05, 3.63) is 23.8 Å². The number of nitrogens with zero attached hydrogens (tertiary/aromatic N) is 1. The number of H-pyrrole nitrogens is 1. The molecule has 39 valence electrons. The summed E-state index contributed by atoms with van der Waals surface area (Å²) >= 11 is 0. The quantitative estimate of drug-likeness (QED) is 0.519. The Morgan fingerprint density at radius 3 is 3.62 bits per heavy atom. The van der Waals surface area contributed by atoms with Gasteiger partial charge in [0, 0.05) is 6.42 Å². The van der Waals surface area contributed by atoms with Crippen molar-refractivity contribution in [2.75, 3.05) is 0 Å². The summed E-state index contributed by atoms with van der Waals surface area (Å²) in [5, 5.41) is 0. The van der Waals surface area contributed by atoms with E-state index in [1.807, 2.05) is 6.08 Å². The number of aromatic amines is 1. The van der Waals surface area contributed by atoms with E-state index in [2.05, 4.69) is 22.4 Å². The molecule has 0 unspecified atom stereocenters. The molecule has 0 spiro atoms. The molecule has 2 nitrogen and oxygen atoms in total. The van der Waals surface area contributed by atoms with Crippen molar-refractivity contribution in [2.24, 2.45) is 0 Å². The number of aromatic nitrogens is 2. The van der Waals surface area contributed by atoms with Crippen LogP contribution in [0.1, 0.15) is 11.4 Å². The highest BCUT2D eigenvalue weighted by atomic mass is 14.9. The predicted octanol–water partition coefficient (Wildman–Crippen LogP) is 0.779. The second-order valence-electron chi connectivity index (χ2n) is 1.82. The van der Waals surface area contributed by atoms with Gasteiger partial charge in [-0.15, -0.1) is 0 Å². The lowest BCUT2D eigenvalue weighted by molar-refractivity contribution is 1.16. The zero-order valence-corrected chi connectivity index (χ0v) is 4.31. The summed E-state index contributed by atoms with van der Waals surface area (Å²) in [6.45, 7) is 0. The van der Waals surface area contributed by atoms with Crippen LogP contribution in [0.15, 0.2) is 6.08 Å². The highest BCUT2D eigenvalue weighted by Crippen LogP contribution is 2.12. The summed E-state index contributed by atoms with van der Waals surface area (Å²) in [6, 6.07) is 0. The molecule has 0 saturated heterocycles. The third-order valence-corrected chi connectivity index (χ3v) is 1.29. The standard InChI is InChI=1S/C6H5N2/c1-2-5-6(3-1)8-4-7-5/h1-2H,3H2,(H,7,8). The monoisotopic (exact) mass is 105 g/mol. The molecule has 1 aromatic rings. The number of allylic oxidation sites excluding steroid dienone is 1. The maximum Gasteiger partial charge on any atom is 0.174 e. The fourth-order valence-corrected chi connectivity index (χ4v) is 0.870. The molecule has 0 aliphatic heterocycles. The zero-order valence-electron chi connectivity index (χ0n) is 4.31. The molecule has 0 amide bonds. The lowest BCUT2D eigenvalue weighted by Gasteiger charge is -1.78. The van der Waals surface area contributed by atoms with Crippen molar-refractivity contribution >= 4 is 6.08 Å². The lowest BCUT2D eigenvalue weighted by Crippen LogP contribution is -1.75. The Labute approximate surface area is 47.3 Å². The third-order valence-electron chi connectivity index (χ3n) is 1.29. The molecule has 0 bridgehead atoms. The molecule has 2 rings (SSSR count). The topological polar surface area (TPSA) is 28.7 Å². The summed E-state index contributed by atoms with van der Waals surface area (Å²) in [7, 11) is 0. The van der Waals surface area contributed by atoms with Crippen molar-refractivity contribution in [3.8, 4) is 0 Å². The van der Waals surface area contributed by atoms with E-state index in [4.69, 9.17) is 0 Å². The Kier molecular flexibility index (Phi) is 0.592. The van der Waals surface area contributed by atoms with Crippen LogP contribution in [0.3, 0.4) is 0 Å². The summed E-state index contributed by atoms with van der Waals surface area (Å²) in [5.41, 5.74) is 2.23. The second kappa shape index (κ2) is 1.22. The van der Waals surface area contributed by atoms with Crippen molar-refractivity contribution in [2.45, 2.75) is 6.42 Å². The van der Waals surface area contributed by atoms with Crippen LogP contribution in [0.2, 0.25) is 0 Å². The highest BCUT2D eigenvalue weighted by Gasteiger charge is 2.04. The molecule has 2 heteroatoms. The summed E-state index contributed by atoms with van der Waals surface area (Å²) in [5.74, 6) is 0. The molecule has 1 N–H and O–H groups in total. The Hall–Kier alpha value is -1.05. The number of hydrogen-bond donors (Lipinski definition) is 1. The van der Waals surface area contributed by atoms with Crippen LogP contribution in [0.4, 0.5) is 0 Å². The molecule has 0 atom stereocenters. The molecule has 1 aliphatic carbocycles. The van der Waals surface area contributed by atoms with E-state index < -0.39 is 0 Å². The Balaban J connectivity index is 2.67. The van der Waals surface area contributed by atoms with Crippen LogP contribution >= 0.6 is 0 Å². The van der Waals surface area contributed by atoms with Crippen LogP contribution in [0, 0.1) is 6.33 Å². The maximum atomic E-state index is 3.95. The average Bonchev–Trinajstić information content (AvgIpc) is 2.15. The summed E-state index contributed by atoms with van der Waals surface area (Å²) < 4.78 is 0. The minimum absolute atomic E-state index is 0.968. The first-order valence-corrected chi connectivity index (χ1v) is 2.58. The van der Waals surface area contributed by atoms with Crippen LogP contribution in [-0.4, -0.2) is 9.97 Å². The van der Waals surface area contributed by atoms with Crippen LogP contribution in [-0.2, 0) is 6.42 Å². The molecule has 0 fully saturated rings. The third kappa shape index (κ3) is 0.346. The second-order valence-corrected chi connectivity index (χ2v) is 1.82. The van der Waals surface area contributed by atoms with Gasteiger partial charge in [0.15, 0.2) is 6.33 Å². The smallest absolute Gasteiger partial charge is 0.174 e. The molecule has 1 heterocycles. The molecule has 1 radical (unpaired) electrons. The molecule has 0 saturated carbocycles. The normalized spacial score (nSPS) is 14.5. The van der Waals surface area contributed by atoms with E-state index in [0.29, 0.717) is 0 Å². The largest absolute Gasteiger partial charge is 0.336 e. The zero-order chi connectivity index (χ0) is 5.40. The van der Waals surface area contributed by atoms with Gasteiger partial charge >= 0.3 is 0 Å². The minimum atomic E-state index is 0.968. The van der Waals surface area contributed by atoms with E-state index in [-0.39, 0.29) is 0 Å². The van der Waals surface area contributed by atoms with Gasteiger partial charge in [-0.2, -0.15) is 0 Å². The SMILES string of the molecule is [c]1nc2c([nH]1)C=CC2. The Bertz CT molecular complexity index is 222. The van der Waals surface area contributed by atoms with Crippen molar-refractivity contribution in [1.82, 2.24) is 9.97 Å². The molecule has 1 aromatic heterocycles. The van der Waals surface area contributed by atoms with Crippen molar-refractivity contribution < 1.29 is 0 Å². The number of nitrogens with one attached hydrogen (secondary N) is 1. The van der Waals surface area contributed by atoms with Gasteiger partial charge in [-0.1, -0.05) is 6.08 Å². The van der Waals surface area contributed by atoms with Crippen LogP contribution in [0.25, 0.3) is 6.08 Å². The molecule has 8 heavy (non-hydrogen) atoms. The summed E-state index contributed by atoms with van der Waals surface area (Å²) in [6.07, 6.45) is 7.75. The Morgan fingerprint density at radius 1 is 1.75 bits per heavy atom. The van der Waals surface area contributed by atoms with Crippen LogP contribution < -0.4 is 0 Å². The molecular formula is C6H5N2. The van der Waals surface area contributed by atoms with Crippen molar-refractivity contribution in [1.29, 1.82) is 0 Å². The van der Waals surface area contributed by atoms with Gasteiger partial charge in [0.25, 0.3) is 0 Å². The van der Waals surface area contributed by atoms with Gasteiger partial charge in [-0.05, 0) is 6.08 Å². The fraction of sp³-hybridized carbons (Fsp3) is 0.167. The van der Waals surface area contributed by atoms with Crippen LogP contribution in [0.5, 0.6) is 0 Å². The van der Waals surface area contributed by atoms with Gasteiger partial charge < -0.3 is 4.98 Å². The van der Waals surface area contributed by atoms with Gasteiger partial charge in [-0.25, -0.2) is 4.98 Å². The molecule has 1 aliphatic rings. The number of fused-ring (bicyclic) bond motifs is 1. The van der Waals surface area contributed by atoms with Gasteiger partial charge in [0.2, 0.25) is 0 Å². The van der Waals surface area contributed by atoms with E-state index in [1.54, 1.807) is 0 Å². The highest BCUT2D eigenvalue weighted by molar-refractivity contribution is 5.53. The number of hydrogen-bond acceptors (Lipinski definition) is 1. The molecular weight excluding hydrogens is 100 g/mol. The van der Waals surface area contributed by atoms with E-state index in [9.17, 15) is 0 Å². The van der Waals surface area contributed by atoms with Gasteiger partial charge in [-0.3, -0.25) is 0 Å². The van der Waals surface area contributed by atoms with E-state index in [1.165, 1.54) is 0 Å². The lowest BCUT2D eigenvalue weighted by atomic mass is 10.4. The fourth-order valence-electron chi connectivity index (χ4n) is 0.870. The van der Waals surface area contributed by atoms with E-state index >= 15 is 0 Å². The number of imidazole rings is 1. The first kappa shape index (κ1) is 3.89. The Morgan fingerprint density at radius 2 is 2.75 bits per heavy atom. The van der Waals surface area contributed by atoms with E-state index in [0.717, 1.165) is 17.8 Å². The number of rotatable bonds is 0. The van der Waals surface area contributed by atoms with Crippen molar-refractivity contribution in [3.63, 3.8) is 0 Å². The maximum absolute atomic E-state index is 3.95. The first-order chi connectivity index (χ1) is 3.97. The first-order valence-electron chi connectivity index (χ1n) is 2.58. The minimum Gasteiger partial charge on any atom is -0.336 e. The van der Waals surface area contributed by atoms with Gasteiger partial charge in [0.1, 0.15) is 0 Å². The average molecular weight is 105 g/mol. The van der Waals surface area contributed by atoms with Gasteiger partial charge in [0.05, 0.1) is 11.4 Å². The predicted molar refractivity (Wildman–Crippen MR) is 30.2 cm³/mol.